The maximum atomic E-state index is 13.1. The van der Waals surface area contributed by atoms with E-state index in [4.69, 9.17) is 9.26 Å². The third-order valence-corrected chi connectivity index (χ3v) is 5.66. The van der Waals surface area contributed by atoms with Gasteiger partial charge in [0.2, 0.25) is 6.10 Å². The fraction of sp³-hybridized carbons (Fsp3) is 0.280. The third kappa shape index (κ3) is 5.48. The number of carbonyl (C=O) groups excluding carboxylic acids is 3. The molecule has 1 aliphatic rings. The predicted molar refractivity (Wildman–Crippen MR) is 120 cm³/mol. The monoisotopic (exact) mass is 465 g/mol. The molecule has 1 aromatic heterocycles. The van der Waals surface area contributed by atoms with Gasteiger partial charge in [-0.25, -0.2) is 4.39 Å². The second-order valence-corrected chi connectivity index (χ2v) is 8.11. The van der Waals surface area contributed by atoms with E-state index in [9.17, 15) is 18.8 Å². The normalized spacial score (nSPS) is 14.9. The topological polar surface area (TPSA) is 102 Å². The molecule has 9 heteroatoms. The summed E-state index contributed by atoms with van der Waals surface area (Å²) in [5.74, 6) is -1.36. The Kier molecular flexibility index (Phi) is 7.01. The van der Waals surface area contributed by atoms with Crippen LogP contribution < -0.4 is 5.32 Å². The molecular weight excluding hydrogens is 441 g/mol. The first-order chi connectivity index (χ1) is 16.4. The third-order valence-electron chi connectivity index (χ3n) is 5.66. The van der Waals surface area contributed by atoms with Crippen LogP contribution in [0.4, 0.5) is 10.2 Å². The lowest BCUT2D eigenvalue weighted by Gasteiger charge is -2.31. The first kappa shape index (κ1) is 23.2. The molecule has 1 saturated heterocycles. The lowest BCUT2D eigenvalue weighted by molar-refractivity contribution is -0.160. The van der Waals surface area contributed by atoms with Gasteiger partial charge in [0.25, 0.3) is 11.8 Å². The summed E-state index contributed by atoms with van der Waals surface area (Å²) in [5.41, 5.74) is 0.920. The van der Waals surface area contributed by atoms with Crippen molar-refractivity contribution in [2.24, 2.45) is 5.92 Å². The molecule has 4 rings (SSSR count). The molecule has 1 N–H and O–H groups in total. The molecule has 1 fully saturated rings. The molecule has 2 heterocycles. The summed E-state index contributed by atoms with van der Waals surface area (Å²) in [7, 11) is 0. The van der Waals surface area contributed by atoms with Gasteiger partial charge in [0.1, 0.15) is 11.6 Å². The van der Waals surface area contributed by atoms with Crippen LogP contribution in [0.15, 0.2) is 65.2 Å². The predicted octanol–water partition coefficient (Wildman–Crippen LogP) is 3.90. The lowest BCUT2D eigenvalue weighted by Crippen LogP contribution is -2.41. The Hall–Kier alpha value is -4.01. The van der Waals surface area contributed by atoms with Crippen LogP contribution >= 0.6 is 0 Å². The molecule has 0 spiro atoms. The number of anilines is 1. The van der Waals surface area contributed by atoms with Crippen molar-refractivity contribution in [1.29, 1.82) is 0 Å². The van der Waals surface area contributed by atoms with Gasteiger partial charge in [-0.2, -0.15) is 0 Å². The Morgan fingerprint density at radius 3 is 2.38 bits per heavy atom. The molecule has 0 unspecified atom stereocenters. The SMILES string of the molecule is Cc1cc(NC(=O)[C@H](OC(=O)C2CCN(C(=O)c3ccc(F)cc3)CC2)c2ccccc2)no1. The van der Waals surface area contributed by atoms with E-state index >= 15 is 0 Å². The average molecular weight is 465 g/mol. The zero-order valence-corrected chi connectivity index (χ0v) is 18.6. The van der Waals surface area contributed by atoms with Gasteiger partial charge < -0.3 is 19.5 Å². The first-order valence-corrected chi connectivity index (χ1v) is 10.9. The molecule has 2 aromatic carbocycles. The highest BCUT2D eigenvalue weighted by atomic mass is 19.1. The van der Waals surface area contributed by atoms with Crippen LogP contribution in [0.2, 0.25) is 0 Å². The summed E-state index contributed by atoms with van der Waals surface area (Å²) in [6.45, 7) is 2.41. The number of likely N-dealkylation sites (tertiary alicyclic amines) is 1. The van der Waals surface area contributed by atoms with Crippen LogP contribution in [0.25, 0.3) is 0 Å². The number of nitrogens with zero attached hydrogens (tertiary/aromatic N) is 2. The highest BCUT2D eigenvalue weighted by molar-refractivity contribution is 5.96. The number of piperidine rings is 1. The van der Waals surface area contributed by atoms with Crippen molar-refractivity contribution < 1.29 is 28.0 Å². The van der Waals surface area contributed by atoms with Gasteiger partial charge in [-0.1, -0.05) is 35.5 Å². The van der Waals surface area contributed by atoms with Crippen LogP contribution in [0.1, 0.15) is 40.6 Å². The number of hydrogen-bond acceptors (Lipinski definition) is 6. The van der Waals surface area contributed by atoms with E-state index in [1.807, 2.05) is 0 Å². The van der Waals surface area contributed by atoms with Crippen molar-refractivity contribution in [3.05, 3.63) is 83.4 Å². The van der Waals surface area contributed by atoms with Gasteiger partial charge in [0, 0.05) is 30.3 Å². The largest absolute Gasteiger partial charge is 0.447 e. The number of amides is 2. The van der Waals surface area contributed by atoms with Gasteiger partial charge in [0.05, 0.1) is 5.92 Å². The Labute approximate surface area is 195 Å². The number of rotatable bonds is 6. The standard InChI is InChI=1S/C25H24FN3O5/c1-16-15-21(28-34-16)27-23(30)22(17-5-3-2-4-6-17)33-25(32)19-11-13-29(14-12-19)24(31)18-7-9-20(26)10-8-18/h2-10,15,19,22H,11-14H2,1H3,(H,27,28,30)/t22-/m1/s1. The molecule has 0 aliphatic carbocycles. The number of esters is 1. The maximum Gasteiger partial charge on any atom is 0.310 e. The molecule has 8 nitrogen and oxygen atoms in total. The van der Waals surface area contributed by atoms with Crippen molar-refractivity contribution in [2.75, 3.05) is 18.4 Å². The molecule has 0 radical (unpaired) electrons. The van der Waals surface area contributed by atoms with Crippen molar-refractivity contribution in [2.45, 2.75) is 25.9 Å². The molecular formula is C25H24FN3O5. The van der Waals surface area contributed by atoms with Crippen molar-refractivity contribution in [3.8, 4) is 0 Å². The van der Waals surface area contributed by atoms with Crippen molar-refractivity contribution >= 4 is 23.6 Å². The number of halogens is 1. The quantitative estimate of drug-likeness (QED) is 0.554. The first-order valence-electron chi connectivity index (χ1n) is 10.9. The summed E-state index contributed by atoms with van der Waals surface area (Å²) in [6, 6.07) is 15.6. The highest BCUT2D eigenvalue weighted by Crippen LogP contribution is 2.26. The van der Waals surface area contributed by atoms with E-state index in [0.29, 0.717) is 42.8 Å². The lowest BCUT2D eigenvalue weighted by atomic mass is 9.96. The van der Waals surface area contributed by atoms with E-state index in [-0.39, 0.29) is 11.7 Å². The summed E-state index contributed by atoms with van der Waals surface area (Å²) in [6.07, 6.45) is -0.362. The molecule has 3 aromatic rings. The Bertz CT molecular complexity index is 1150. The molecule has 2 amide bonds. The van der Waals surface area contributed by atoms with Crippen LogP contribution in [0.3, 0.4) is 0 Å². The molecule has 1 atom stereocenters. The van der Waals surface area contributed by atoms with E-state index in [2.05, 4.69) is 10.5 Å². The Morgan fingerprint density at radius 1 is 1.09 bits per heavy atom. The second-order valence-electron chi connectivity index (χ2n) is 8.11. The number of carbonyl (C=O) groups is 3. The van der Waals surface area contributed by atoms with Crippen LogP contribution in [0, 0.1) is 18.7 Å². The number of aryl methyl sites for hydroxylation is 1. The number of ether oxygens (including phenoxy) is 1. The van der Waals surface area contributed by atoms with E-state index in [1.165, 1.54) is 24.3 Å². The zero-order valence-electron chi connectivity index (χ0n) is 18.6. The fourth-order valence-corrected chi connectivity index (χ4v) is 3.82. The number of aromatic nitrogens is 1. The Morgan fingerprint density at radius 2 is 1.76 bits per heavy atom. The fourth-order valence-electron chi connectivity index (χ4n) is 3.82. The smallest absolute Gasteiger partial charge is 0.310 e. The minimum Gasteiger partial charge on any atom is -0.447 e. The maximum absolute atomic E-state index is 13.1. The molecule has 0 saturated carbocycles. The molecule has 1 aliphatic heterocycles. The summed E-state index contributed by atoms with van der Waals surface area (Å²) in [4.78, 5) is 40.1. The highest BCUT2D eigenvalue weighted by Gasteiger charge is 2.33. The van der Waals surface area contributed by atoms with Crippen LogP contribution in [-0.2, 0) is 14.3 Å². The van der Waals surface area contributed by atoms with Gasteiger partial charge in [-0.15, -0.1) is 0 Å². The minimum atomic E-state index is -1.16. The van der Waals surface area contributed by atoms with E-state index in [0.717, 1.165) is 0 Å². The number of hydrogen-bond donors (Lipinski definition) is 1. The summed E-state index contributed by atoms with van der Waals surface area (Å²) in [5, 5.41) is 6.36. The zero-order chi connectivity index (χ0) is 24.1. The van der Waals surface area contributed by atoms with Gasteiger partial charge in [0.15, 0.2) is 5.82 Å². The van der Waals surface area contributed by atoms with Crippen LogP contribution in [-0.4, -0.2) is 40.9 Å². The molecule has 0 bridgehead atoms. The molecule has 34 heavy (non-hydrogen) atoms. The van der Waals surface area contributed by atoms with E-state index < -0.39 is 29.7 Å². The second kappa shape index (κ2) is 10.3. The number of benzene rings is 2. The van der Waals surface area contributed by atoms with Crippen molar-refractivity contribution in [3.63, 3.8) is 0 Å². The van der Waals surface area contributed by atoms with Crippen molar-refractivity contribution in [1.82, 2.24) is 10.1 Å². The van der Waals surface area contributed by atoms with Gasteiger partial charge >= 0.3 is 5.97 Å². The molecule has 176 valence electrons. The van der Waals surface area contributed by atoms with Gasteiger partial charge in [-0.05, 0) is 44.0 Å². The summed E-state index contributed by atoms with van der Waals surface area (Å²) < 4.78 is 23.8. The van der Waals surface area contributed by atoms with Crippen LogP contribution in [0.5, 0.6) is 0 Å². The van der Waals surface area contributed by atoms with E-state index in [1.54, 1.807) is 48.2 Å². The Balaban J connectivity index is 1.39. The number of nitrogens with one attached hydrogen (secondary N) is 1. The van der Waals surface area contributed by atoms with Gasteiger partial charge in [-0.3, -0.25) is 14.4 Å². The summed E-state index contributed by atoms with van der Waals surface area (Å²) >= 11 is 0. The minimum absolute atomic E-state index is 0.212. The average Bonchev–Trinajstić information content (AvgIpc) is 3.27.